The number of rotatable bonds is 13. The van der Waals surface area contributed by atoms with Crippen LogP contribution >= 0.6 is 0 Å². The Morgan fingerprint density at radius 1 is 0.900 bits per heavy atom. The summed E-state index contributed by atoms with van der Waals surface area (Å²) >= 11 is 0. The largest absolute Gasteiger partial charge is 0.481 e. The second-order valence-corrected chi connectivity index (χ2v) is 8.36. The van der Waals surface area contributed by atoms with Gasteiger partial charge in [0.15, 0.2) is 0 Å². The fourth-order valence-electron chi connectivity index (χ4n) is 2.38. The normalized spacial score (nSPS) is 12.3. The van der Waals surface area contributed by atoms with Crippen molar-refractivity contribution in [2.75, 3.05) is 0 Å². The van der Waals surface area contributed by atoms with Crippen LogP contribution in [0, 0.1) is 0 Å². The highest BCUT2D eigenvalue weighted by molar-refractivity contribution is 5.75. The van der Waals surface area contributed by atoms with Gasteiger partial charge in [-0.15, -0.1) is 6.58 Å². The fourth-order valence-corrected chi connectivity index (χ4v) is 2.38. The number of hydrogen-bond donors (Lipinski definition) is 2. The van der Waals surface area contributed by atoms with Crippen LogP contribution in [0.4, 0.5) is 0 Å². The molecule has 0 aromatic carbocycles. The van der Waals surface area contributed by atoms with Crippen LogP contribution < -0.4 is 0 Å². The van der Waals surface area contributed by atoms with Gasteiger partial charge in [0, 0.05) is 13.3 Å². The summed E-state index contributed by atoms with van der Waals surface area (Å²) in [7, 11) is 0. The lowest BCUT2D eigenvalue weighted by atomic mass is 9.99. The van der Waals surface area contributed by atoms with Crippen molar-refractivity contribution in [3.05, 3.63) is 36.0 Å². The van der Waals surface area contributed by atoms with E-state index in [-0.39, 0.29) is 0 Å². The molecule has 0 spiro atoms. The summed E-state index contributed by atoms with van der Waals surface area (Å²) in [6, 6.07) is 0. The Morgan fingerprint density at radius 2 is 1.43 bits per heavy atom. The summed E-state index contributed by atoms with van der Waals surface area (Å²) in [5.74, 6) is -0.503. The highest BCUT2D eigenvalue weighted by Gasteiger charge is 2.13. The Morgan fingerprint density at radius 3 is 1.87 bits per heavy atom. The average Bonchev–Trinajstić information content (AvgIpc) is 2.61. The van der Waals surface area contributed by atoms with E-state index in [4.69, 9.17) is 9.90 Å². The number of aliphatic hydroxyl groups is 1. The maximum absolute atomic E-state index is 10.5. The Labute approximate surface area is 186 Å². The topological polar surface area (TPSA) is 74.6 Å². The van der Waals surface area contributed by atoms with Gasteiger partial charge < -0.3 is 15.0 Å². The van der Waals surface area contributed by atoms with E-state index in [9.17, 15) is 9.90 Å². The smallest absolute Gasteiger partial charge is 0.300 e. The average molecular weight is 425 g/mol. The van der Waals surface area contributed by atoms with E-state index in [1.165, 1.54) is 36.8 Å². The van der Waals surface area contributed by atoms with Gasteiger partial charge in [-0.05, 0) is 66.7 Å². The van der Waals surface area contributed by atoms with Crippen LogP contribution in [0.5, 0.6) is 0 Å². The van der Waals surface area contributed by atoms with Gasteiger partial charge in [0.2, 0.25) is 0 Å². The molecule has 1 atom stereocenters. The molecule has 0 heterocycles. The van der Waals surface area contributed by atoms with Gasteiger partial charge >= 0.3 is 0 Å². The zero-order chi connectivity index (χ0) is 24.0. The van der Waals surface area contributed by atoms with Crippen molar-refractivity contribution in [2.45, 2.75) is 118 Å². The van der Waals surface area contributed by atoms with Crippen LogP contribution in [-0.2, 0) is 9.59 Å². The summed E-state index contributed by atoms with van der Waals surface area (Å²) in [6.45, 7) is 16.8. The first-order valence-corrected chi connectivity index (χ1v) is 11.2. The number of carbonyl (C=O) groups is 2. The molecule has 2 N–H and O–H groups in total. The van der Waals surface area contributed by atoms with Crippen LogP contribution in [0.2, 0.25) is 0 Å². The predicted octanol–water partition coefficient (Wildman–Crippen LogP) is 7.42. The summed E-state index contributed by atoms with van der Waals surface area (Å²) < 4.78 is 0. The van der Waals surface area contributed by atoms with Crippen molar-refractivity contribution in [3.8, 4) is 0 Å². The minimum Gasteiger partial charge on any atom is -0.481 e. The van der Waals surface area contributed by atoms with E-state index in [0.717, 1.165) is 45.4 Å². The van der Waals surface area contributed by atoms with Gasteiger partial charge in [0.05, 0.1) is 5.60 Å². The lowest BCUT2D eigenvalue weighted by Gasteiger charge is -2.16. The third-order valence-corrected chi connectivity index (χ3v) is 4.31. The number of unbranched alkanes of at least 4 members (excludes halogenated alkanes) is 4. The van der Waals surface area contributed by atoms with Gasteiger partial charge in [0.25, 0.3) is 5.97 Å². The molecule has 1 unspecified atom stereocenters. The second kappa shape index (κ2) is 22.0. The van der Waals surface area contributed by atoms with E-state index in [2.05, 4.69) is 46.4 Å². The SMILES string of the molecule is C=CC(C)(O)CCC=C(C)CCC=C(C)C.CC(=O)O.CCCCCCCC(C)=O. The number of hydrogen-bond acceptors (Lipinski definition) is 3. The molecular formula is C26H48O4. The molecule has 0 radical (unpaired) electrons. The van der Waals surface area contributed by atoms with Crippen LogP contribution in [0.25, 0.3) is 0 Å². The lowest BCUT2D eigenvalue weighted by molar-refractivity contribution is -0.134. The molecule has 0 aliphatic heterocycles. The minimum absolute atomic E-state index is 0.330. The summed E-state index contributed by atoms with van der Waals surface area (Å²) in [4.78, 5) is 19.5. The summed E-state index contributed by atoms with van der Waals surface area (Å²) in [5.41, 5.74) is 2.05. The zero-order valence-electron chi connectivity index (χ0n) is 20.7. The number of aliphatic carboxylic acids is 1. The number of allylic oxidation sites excluding steroid dienone is 4. The van der Waals surface area contributed by atoms with Crippen molar-refractivity contribution in [3.63, 3.8) is 0 Å². The highest BCUT2D eigenvalue weighted by Crippen LogP contribution is 2.15. The Kier molecular flexibility index (Phi) is 24.2. The van der Waals surface area contributed by atoms with Crippen LogP contribution in [0.15, 0.2) is 36.0 Å². The van der Waals surface area contributed by atoms with Crippen molar-refractivity contribution in [1.29, 1.82) is 0 Å². The quantitative estimate of drug-likeness (QED) is 0.238. The molecule has 0 aromatic heterocycles. The molecule has 4 heteroatoms. The molecule has 0 saturated carbocycles. The molecule has 0 rings (SSSR count). The van der Waals surface area contributed by atoms with Crippen LogP contribution in [-0.4, -0.2) is 27.6 Å². The minimum atomic E-state index is -0.833. The van der Waals surface area contributed by atoms with Crippen molar-refractivity contribution in [2.24, 2.45) is 0 Å². The van der Waals surface area contributed by atoms with Gasteiger partial charge in [-0.25, -0.2) is 0 Å². The van der Waals surface area contributed by atoms with Crippen molar-refractivity contribution >= 4 is 11.8 Å². The molecule has 4 nitrogen and oxygen atoms in total. The first kappa shape index (κ1) is 33.0. The molecule has 0 fully saturated rings. The molecule has 176 valence electrons. The molecule has 0 amide bonds. The van der Waals surface area contributed by atoms with Gasteiger partial charge in [0.1, 0.15) is 5.78 Å². The van der Waals surface area contributed by atoms with Crippen molar-refractivity contribution < 1.29 is 19.8 Å². The van der Waals surface area contributed by atoms with Gasteiger partial charge in [-0.2, -0.15) is 0 Å². The first-order valence-electron chi connectivity index (χ1n) is 11.2. The Hall–Kier alpha value is -1.68. The molecule has 0 bridgehead atoms. The third kappa shape index (κ3) is 37.1. The second-order valence-electron chi connectivity index (χ2n) is 8.36. The van der Waals surface area contributed by atoms with Crippen LogP contribution in [0.1, 0.15) is 113 Å². The molecule has 0 aromatic rings. The Bertz CT molecular complexity index is 505. The standard InChI is InChI=1S/C15H26O.C9H18O.C2H4O2/c1-6-15(5,16)12-8-11-14(4)10-7-9-13(2)3;1-3-4-5-6-7-8-9(2)10;1-2(3)4/h6,9,11,16H,1,7-8,10,12H2,2-5H3;3-8H2,1-2H3;1H3,(H,3,4). The number of Topliss-reactive ketones (excluding diaryl/α,β-unsaturated/α-hetero) is 1. The monoisotopic (exact) mass is 424 g/mol. The predicted molar refractivity (Wildman–Crippen MR) is 130 cm³/mol. The van der Waals surface area contributed by atoms with Crippen molar-refractivity contribution in [1.82, 2.24) is 0 Å². The molecule has 0 saturated heterocycles. The van der Waals surface area contributed by atoms with Gasteiger partial charge in [-0.1, -0.05) is 62.0 Å². The van der Waals surface area contributed by atoms with Crippen LogP contribution in [0.3, 0.4) is 0 Å². The molecule has 0 aliphatic carbocycles. The third-order valence-electron chi connectivity index (χ3n) is 4.31. The van der Waals surface area contributed by atoms with E-state index >= 15 is 0 Å². The number of ketones is 1. The Balaban J connectivity index is -0.000000442. The maximum Gasteiger partial charge on any atom is 0.300 e. The maximum atomic E-state index is 10.5. The van der Waals surface area contributed by atoms with E-state index in [1.807, 2.05) is 0 Å². The number of carboxylic acid groups (broad SMARTS) is 1. The summed E-state index contributed by atoms with van der Waals surface area (Å²) in [5, 5.41) is 17.1. The summed E-state index contributed by atoms with van der Waals surface area (Å²) in [6.07, 6.45) is 17.0. The number of carboxylic acids is 1. The number of carbonyl (C=O) groups excluding carboxylic acids is 1. The molecule has 30 heavy (non-hydrogen) atoms. The van der Waals surface area contributed by atoms with E-state index in [1.54, 1.807) is 19.9 Å². The molecular weight excluding hydrogens is 376 g/mol. The lowest BCUT2D eigenvalue weighted by Crippen LogP contribution is -2.19. The van der Waals surface area contributed by atoms with Gasteiger partial charge in [-0.3, -0.25) is 4.79 Å². The van der Waals surface area contributed by atoms with E-state index in [0.29, 0.717) is 5.78 Å². The highest BCUT2D eigenvalue weighted by atomic mass is 16.4. The van der Waals surface area contributed by atoms with E-state index < -0.39 is 11.6 Å². The first-order chi connectivity index (χ1) is 13.9. The molecule has 0 aliphatic rings. The fraction of sp³-hybridized carbons (Fsp3) is 0.692. The zero-order valence-corrected chi connectivity index (χ0v) is 20.7.